The van der Waals surface area contributed by atoms with Gasteiger partial charge in [0.25, 0.3) is 5.91 Å². The number of para-hydroxylation sites is 1. The van der Waals surface area contributed by atoms with Gasteiger partial charge < -0.3 is 14.5 Å². The van der Waals surface area contributed by atoms with Crippen LogP contribution in [-0.2, 0) is 13.0 Å². The minimum absolute atomic E-state index is 0.225. The van der Waals surface area contributed by atoms with Gasteiger partial charge in [-0.2, -0.15) is 5.10 Å². The number of amides is 1. The molecule has 0 unspecified atom stereocenters. The lowest BCUT2D eigenvalue weighted by Gasteiger charge is -2.01. The topological polar surface area (TPSA) is 82.2 Å². The van der Waals surface area contributed by atoms with Crippen molar-refractivity contribution in [2.45, 2.75) is 19.9 Å². The van der Waals surface area contributed by atoms with Crippen molar-refractivity contribution in [2.75, 3.05) is 12.4 Å². The SMILES string of the molecule is COc1cccc2cc(C(=O)Nc3cnn(CCc4scnc4C)c3)oc12. The maximum Gasteiger partial charge on any atom is 0.291 e. The maximum atomic E-state index is 12.5. The van der Waals surface area contributed by atoms with Gasteiger partial charge in [-0.1, -0.05) is 12.1 Å². The number of hydrogen-bond acceptors (Lipinski definition) is 6. The Morgan fingerprint density at radius 3 is 3.07 bits per heavy atom. The van der Waals surface area contributed by atoms with E-state index in [1.54, 1.807) is 47.7 Å². The molecule has 4 rings (SSSR count). The second-order valence-electron chi connectivity index (χ2n) is 6.05. The van der Waals surface area contributed by atoms with Gasteiger partial charge in [0.15, 0.2) is 17.1 Å². The standard InChI is InChI=1S/C19H18N4O3S/c1-12-17(27-11-20-12)6-7-23-10-14(9-21-23)22-19(24)16-8-13-4-3-5-15(25-2)18(13)26-16/h3-5,8-11H,6-7H2,1-2H3,(H,22,24). The van der Waals surface area contributed by atoms with Gasteiger partial charge in [-0.25, -0.2) is 4.98 Å². The number of rotatable bonds is 6. The predicted octanol–water partition coefficient (Wildman–Crippen LogP) is 3.90. The number of aromatic nitrogens is 3. The fourth-order valence-corrected chi connectivity index (χ4v) is 3.60. The van der Waals surface area contributed by atoms with Crippen LogP contribution in [0.2, 0.25) is 0 Å². The molecule has 4 aromatic rings. The molecule has 0 aliphatic rings. The molecule has 8 heteroatoms. The molecule has 1 amide bonds. The number of hydrogen-bond donors (Lipinski definition) is 1. The zero-order valence-corrected chi connectivity index (χ0v) is 15.7. The van der Waals surface area contributed by atoms with Crippen molar-refractivity contribution in [3.8, 4) is 5.75 Å². The first-order valence-corrected chi connectivity index (χ1v) is 9.31. The third-order valence-electron chi connectivity index (χ3n) is 4.26. The minimum atomic E-state index is -0.328. The molecule has 27 heavy (non-hydrogen) atoms. The van der Waals surface area contributed by atoms with E-state index in [9.17, 15) is 4.79 Å². The molecule has 3 aromatic heterocycles. The summed E-state index contributed by atoms with van der Waals surface area (Å²) in [4.78, 5) is 18.0. The van der Waals surface area contributed by atoms with Crippen molar-refractivity contribution >= 4 is 33.9 Å². The number of methoxy groups -OCH3 is 1. The van der Waals surface area contributed by atoms with Crippen molar-refractivity contribution < 1.29 is 13.9 Å². The molecular formula is C19H18N4O3S. The number of fused-ring (bicyclic) bond motifs is 1. The summed E-state index contributed by atoms with van der Waals surface area (Å²) in [5.74, 6) is 0.492. The molecule has 7 nitrogen and oxygen atoms in total. The first kappa shape index (κ1) is 17.3. The number of aryl methyl sites for hydroxylation is 3. The molecule has 138 valence electrons. The lowest BCUT2D eigenvalue weighted by Crippen LogP contribution is -2.10. The Morgan fingerprint density at radius 1 is 1.41 bits per heavy atom. The van der Waals surface area contributed by atoms with Crippen LogP contribution in [0.3, 0.4) is 0 Å². The number of anilines is 1. The van der Waals surface area contributed by atoms with E-state index in [0.29, 0.717) is 17.0 Å². The Balaban J connectivity index is 1.44. The molecule has 0 saturated carbocycles. The number of nitrogens with zero attached hydrogens (tertiary/aromatic N) is 3. The van der Waals surface area contributed by atoms with Crippen LogP contribution in [0.15, 0.2) is 46.6 Å². The lowest BCUT2D eigenvalue weighted by atomic mass is 10.2. The van der Waals surface area contributed by atoms with E-state index in [1.807, 2.05) is 24.6 Å². The van der Waals surface area contributed by atoms with E-state index in [2.05, 4.69) is 15.4 Å². The quantitative estimate of drug-likeness (QED) is 0.547. The van der Waals surface area contributed by atoms with Crippen molar-refractivity contribution in [3.05, 3.63) is 58.5 Å². The second kappa shape index (κ2) is 7.24. The van der Waals surface area contributed by atoms with Gasteiger partial charge in [-0.15, -0.1) is 11.3 Å². The molecule has 0 spiro atoms. The Kier molecular flexibility index (Phi) is 4.64. The Hall–Kier alpha value is -3.13. The maximum absolute atomic E-state index is 12.5. The van der Waals surface area contributed by atoms with Crippen LogP contribution in [0, 0.1) is 6.92 Å². The number of carbonyl (C=O) groups is 1. The monoisotopic (exact) mass is 382 g/mol. The summed E-state index contributed by atoms with van der Waals surface area (Å²) in [5.41, 5.74) is 4.08. The molecule has 0 aliphatic carbocycles. The second-order valence-corrected chi connectivity index (χ2v) is 6.99. The third-order valence-corrected chi connectivity index (χ3v) is 5.25. The number of furan rings is 1. The Labute approximate surface area is 159 Å². The first-order valence-electron chi connectivity index (χ1n) is 8.43. The highest BCUT2D eigenvalue weighted by Gasteiger charge is 2.15. The summed E-state index contributed by atoms with van der Waals surface area (Å²) in [6.45, 7) is 2.73. The van der Waals surface area contributed by atoms with Crippen molar-refractivity contribution in [2.24, 2.45) is 0 Å². The van der Waals surface area contributed by atoms with Crippen LogP contribution in [0.25, 0.3) is 11.0 Å². The van der Waals surface area contributed by atoms with Crippen LogP contribution in [0.1, 0.15) is 21.1 Å². The number of thiazole rings is 1. The van der Waals surface area contributed by atoms with Gasteiger partial charge in [-0.3, -0.25) is 9.48 Å². The summed E-state index contributed by atoms with van der Waals surface area (Å²) in [6.07, 6.45) is 4.28. The minimum Gasteiger partial charge on any atom is -0.493 e. The van der Waals surface area contributed by atoms with E-state index in [1.165, 1.54) is 4.88 Å². The smallest absolute Gasteiger partial charge is 0.291 e. The van der Waals surface area contributed by atoms with Gasteiger partial charge in [0.1, 0.15) is 0 Å². The Morgan fingerprint density at radius 2 is 2.30 bits per heavy atom. The number of benzene rings is 1. The number of ether oxygens (including phenoxy) is 1. The van der Waals surface area contributed by atoms with E-state index in [0.717, 1.165) is 24.0 Å². The van der Waals surface area contributed by atoms with E-state index < -0.39 is 0 Å². The van der Waals surface area contributed by atoms with Gasteiger partial charge in [0, 0.05) is 29.4 Å². The van der Waals surface area contributed by atoms with Crippen LogP contribution >= 0.6 is 11.3 Å². The molecular weight excluding hydrogens is 364 g/mol. The summed E-state index contributed by atoms with van der Waals surface area (Å²) in [7, 11) is 1.57. The van der Waals surface area contributed by atoms with Crippen molar-refractivity contribution in [1.82, 2.24) is 14.8 Å². The summed E-state index contributed by atoms with van der Waals surface area (Å²) in [6, 6.07) is 7.22. The van der Waals surface area contributed by atoms with Crippen LogP contribution in [-0.4, -0.2) is 27.8 Å². The van der Waals surface area contributed by atoms with Crippen LogP contribution < -0.4 is 10.1 Å². The zero-order valence-electron chi connectivity index (χ0n) is 14.9. The van der Waals surface area contributed by atoms with E-state index in [-0.39, 0.29) is 11.7 Å². The molecule has 0 bridgehead atoms. The fraction of sp³-hybridized carbons (Fsp3) is 0.211. The highest BCUT2D eigenvalue weighted by Crippen LogP contribution is 2.28. The van der Waals surface area contributed by atoms with E-state index >= 15 is 0 Å². The van der Waals surface area contributed by atoms with Gasteiger partial charge in [-0.05, 0) is 19.1 Å². The Bertz CT molecular complexity index is 1100. The average molecular weight is 382 g/mol. The largest absolute Gasteiger partial charge is 0.493 e. The molecule has 0 atom stereocenters. The highest BCUT2D eigenvalue weighted by atomic mass is 32.1. The van der Waals surface area contributed by atoms with Gasteiger partial charge in [0.2, 0.25) is 0 Å². The molecule has 1 N–H and O–H groups in total. The van der Waals surface area contributed by atoms with Gasteiger partial charge in [0.05, 0.1) is 30.2 Å². The summed E-state index contributed by atoms with van der Waals surface area (Å²) < 4.78 is 12.7. The first-order chi connectivity index (χ1) is 13.1. The van der Waals surface area contributed by atoms with E-state index in [4.69, 9.17) is 9.15 Å². The molecule has 1 aromatic carbocycles. The van der Waals surface area contributed by atoms with Crippen molar-refractivity contribution in [3.63, 3.8) is 0 Å². The average Bonchev–Trinajstić information content (AvgIpc) is 3.39. The zero-order chi connectivity index (χ0) is 18.8. The fourth-order valence-electron chi connectivity index (χ4n) is 2.83. The van der Waals surface area contributed by atoms with Crippen molar-refractivity contribution in [1.29, 1.82) is 0 Å². The summed E-state index contributed by atoms with van der Waals surface area (Å²) >= 11 is 1.64. The molecule has 0 radical (unpaired) electrons. The molecule has 3 heterocycles. The lowest BCUT2D eigenvalue weighted by molar-refractivity contribution is 0.0998. The number of carbonyl (C=O) groups excluding carboxylic acids is 1. The molecule has 0 aliphatic heterocycles. The molecule has 0 saturated heterocycles. The van der Waals surface area contributed by atoms with Gasteiger partial charge >= 0.3 is 0 Å². The predicted molar refractivity (Wildman–Crippen MR) is 104 cm³/mol. The third kappa shape index (κ3) is 3.56. The normalized spacial score (nSPS) is 11.0. The van der Waals surface area contributed by atoms with Crippen LogP contribution in [0.4, 0.5) is 5.69 Å². The van der Waals surface area contributed by atoms with Crippen LogP contribution in [0.5, 0.6) is 5.75 Å². The molecule has 0 fully saturated rings. The number of nitrogens with one attached hydrogen (secondary N) is 1. The summed E-state index contributed by atoms with van der Waals surface area (Å²) in [5, 5.41) is 7.93. The highest BCUT2D eigenvalue weighted by molar-refractivity contribution is 7.09.